The maximum absolute atomic E-state index is 13.3. The van der Waals surface area contributed by atoms with E-state index in [9.17, 15) is 19.2 Å². The van der Waals surface area contributed by atoms with Crippen LogP contribution >= 0.6 is 22.7 Å². The summed E-state index contributed by atoms with van der Waals surface area (Å²) in [4.78, 5) is 51.9. The van der Waals surface area contributed by atoms with Crippen molar-refractivity contribution in [3.05, 3.63) is 74.3 Å². The second kappa shape index (κ2) is 11.6. The Kier molecular flexibility index (Phi) is 8.55. The minimum Gasteiger partial charge on any atom is -0.462 e. The Morgan fingerprint density at radius 1 is 0.941 bits per heavy atom. The lowest BCUT2D eigenvalue weighted by Gasteiger charge is -2.20. The zero-order chi connectivity index (χ0) is 24.7. The SMILES string of the molecule is CCOC(=O)c1sc(N[C@H](NC(=O)c2cccs2)C(=O)c2ccccc2)c(C(=O)OCC)c1C. The molecule has 2 N–H and O–H groups in total. The number of ketones is 1. The van der Waals surface area contributed by atoms with Crippen LogP contribution in [-0.4, -0.2) is 43.0 Å². The van der Waals surface area contributed by atoms with E-state index in [1.165, 1.54) is 11.3 Å². The number of thiophene rings is 2. The Morgan fingerprint density at radius 2 is 1.62 bits per heavy atom. The summed E-state index contributed by atoms with van der Waals surface area (Å²) in [7, 11) is 0. The lowest BCUT2D eigenvalue weighted by molar-refractivity contribution is 0.0526. The van der Waals surface area contributed by atoms with Gasteiger partial charge in [0.2, 0.25) is 5.78 Å². The fourth-order valence-corrected chi connectivity index (χ4v) is 4.88. The highest BCUT2D eigenvalue weighted by Gasteiger charge is 2.30. The molecule has 0 bridgehead atoms. The van der Waals surface area contributed by atoms with Crippen LogP contribution in [0.25, 0.3) is 0 Å². The molecule has 1 atom stereocenters. The van der Waals surface area contributed by atoms with Crippen molar-refractivity contribution < 1.29 is 28.7 Å². The molecule has 1 aromatic carbocycles. The van der Waals surface area contributed by atoms with Gasteiger partial charge in [-0.25, -0.2) is 9.59 Å². The number of nitrogens with one attached hydrogen (secondary N) is 2. The monoisotopic (exact) mass is 500 g/mol. The van der Waals surface area contributed by atoms with Gasteiger partial charge in [0.15, 0.2) is 6.17 Å². The van der Waals surface area contributed by atoms with Crippen molar-refractivity contribution in [3.8, 4) is 0 Å². The first-order valence-corrected chi connectivity index (χ1v) is 12.2. The summed E-state index contributed by atoms with van der Waals surface area (Å²) in [5.41, 5.74) is 0.856. The van der Waals surface area contributed by atoms with E-state index >= 15 is 0 Å². The molecular formula is C24H24N2O6S2. The molecule has 2 heterocycles. The molecule has 0 saturated heterocycles. The maximum atomic E-state index is 13.3. The number of benzene rings is 1. The first kappa shape index (κ1) is 25.1. The molecule has 0 saturated carbocycles. The van der Waals surface area contributed by atoms with Gasteiger partial charge in [-0.3, -0.25) is 9.59 Å². The predicted octanol–water partition coefficient (Wildman–Crippen LogP) is 4.52. The summed E-state index contributed by atoms with van der Waals surface area (Å²) in [6.07, 6.45) is -1.21. The van der Waals surface area contributed by atoms with E-state index in [1.807, 2.05) is 0 Å². The second-order valence-electron chi connectivity index (χ2n) is 6.96. The minimum absolute atomic E-state index is 0.117. The molecule has 3 aromatic rings. The van der Waals surface area contributed by atoms with Crippen molar-refractivity contribution in [1.82, 2.24) is 5.32 Å². The third-order valence-corrected chi connectivity index (χ3v) is 6.78. The number of Topliss-reactive ketones (excluding diaryl/α,β-unsaturated/α-hetero) is 1. The van der Waals surface area contributed by atoms with E-state index in [-0.39, 0.29) is 28.7 Å². The van der Waals surface area contributed by atoms with E-state index in [4.69, 9.17) is 9.47 Å². The molecule has 34 heavy (non-hydrogen) atoms. The quantitative estimate of drug-likeness (QED) is 0.239. The van der Waals surface area contributed by atoms with Gasteiger partial charge in [-0.1, -0.05) is 36.4 Å². The Hall–Kier alpha value is -3.50. The first-order chi connectivity index (χ1) is 16.4. The zero-order valence-corrected chi connectivity index (χ0v) is 20.5. The molecular weight excluding hydrogens is 476 g/mol. The Balaban J connectivity index is 2.02. The summed E-state index contributed by atoms with van der Waals surface area (Å²) in [5.74, 6) is -2.10. The fourth-order valence-electron chi connectivity index (χ4n) is 3.13. The van der Waals surface area contributed by atoms with Crippen molar-refractivity contribution in [2.24, 2.45) is 0 Å². The molecule has 10 heteroatoms. The third-order valence-electron chi connectivity index (χ3n) is 4.70. The van der Waals surface area contributed by atoms with E-state index in [2.05, 4.69) is 10.6 Å². The fraction of sp³-hybridized carbons (Fsp3) is 0.250. The topological polar surface area (TPSA) is 111 Å². The molecule has 2 aromatic heterocycles. The molecule has 1 amide bonds. The highest BCUT2D eigenvalue weighted by Crippen LogP contribution is 2.35. The molecule has 0 aliphatic carbocycles. The van der Waals surface area contributed by atoms with Gasteiger partial charge in [-0.2, -0.15) is 0 Å². The smallest absolute Gasteiger partial charge is 0.348 e. The first-order valence-electron chi connectivity index (χ1n) is 10.5. The zero-order valence-electron chi connectivity index (χ0n) is 18.9. The van der Waals surface area contributed by atoms with Crippen LogP contribution in [0, 0.1) is 6.92 Å². The molecule has 0 radical (unpaired) electrons. The van der Waals surface area contributed by atoms with Gasteiger partial charge >= 0.3 is 11.9 Å². The van der Waals surface area contributed by atoms with Gasteiger partial charge in [-0.15, -0.1) is 22.7 Å². The van der Waals surface area contributed by atoms with Gasteiger partial charge < -0.3 is 20.1 Å². The summed E-state index contributed by atoms with van der Waals surface area (Å²) in [6, 6.07) is 11.8. The van der Waals surface area contributed by atoms with Gasteiger partial charge in [0, 0.05) is 5.56 Å². The average molecular weight is 501 g/mol. The van der Waals surface area contributed by atoms with Gasteiger partial charge in [0.25, 0.3) is 5.91 Å². The van der Waals surface area contributed by atoms with Crippen LogP contribution in [0.3, 0.4) is 0 Å². The molecule has 0 aliphatic heterocycles. The van der Waals surface area contributed by atoms with Crippen LogP contribution in [0.5, 0.6) is 0 Å². The number of hydrogen-bond donors (Lipinski definition) is 2. The van der Waals surface area contributed by atoms with Gasteiger partial charge in [-0.05, 0) is 37.8 Å². The molecule has 178 valence electrons. The van der Waals surface area contributed by atoms with E-state index < -0.39 is 29.8 Å². The molecule has 0 aliphatic rings. The summed E-state index contributed by atoms with van der Waals surface area (Å²) in [5, 5.41) is 7.64. The molecule has 8 nitrogen and oxygen atoms in total. The van der Waals surface area contributed by atoms with Crippen LogP contribution in [-0.2, 0) is 9.47 Å². The number of amides is 1. The molecule has 0 spiro atoms. The lowest BCUT2D eigenvalue weighted by Crippen LogP contribution is -2.46. The van der Waals surface area contributed by atoms with Crippen LogP contribution < -0.4 is 10.6 Å². The molecule has 3 rings (SSSR count). The van der Waals surface area contributed by atoms with Crippen molar-refractivity contribution >= 4 is 51.3 Å². The van der Waals surface area contributed by atoms with Crippen molar-refractivity contribution in [2.45, 2.75) is 26.9 Å². The number of carbonyl (C=O) groups is 4. The second-order valence-corrected chi connectivity index (χ2v) is 8.93. The molecule has 0 unspecified atom stereocenters. The van der Waals surface area contributed by atoms with Crippen LogP contribution in [0.2, 0.25) is 0 Å². The maximum Gasteiger partial charge on any atom is 0.348 e. The standard InChI is InChI=1S/C24H24N2O6S2/c1-4-31-23(29)17-14(3)19(24(30)32-5-2)34-22(17)26-20(18(27)15-10-7-6-8-11-15)25-21(28)16-12-9-13-33-16/h6-13,20,26H,4-5H2,1-3H3,(H,25,28)/t20-/m0/s1. The van der Waals surface area contributed by atoms with E-state index in [1.54, 1.807) is 68.6 Å². The van der Waals surface area contributed by atoms with Crippen molar-refractivity contribution in [1.29, 1.82) is 0 Å². The normalized spacial score (nSPS) is 11.4. The number of ether oxygens (including phenoxy) is 2. The Bertz CT molecular complexity index is 1170. The highest BCUT2D eigenvalue weighted by molar-refractivity contribution is 7.18. The van der Waals surface area contributed by atoms with Crippen molar-refractivity contribution in [3.63, 3.8) is 0 Å². The number of carbonyl (C=O) groups excluding carboxylic acids is 4. The van der Waals surface area contributed by atoms with Gasteiger partial charge in [0.05, 0.1) is 23.7 Å². The largest absolute Gasteiger partial charge is 0.462 e. The summed E-state index contributed by atoms with van der Waals surface area (Å²) >= 11 is 2.20. The molecule has 0 fully saturated rings. The van der Waals surface area contributed by atoms with Crippen LogP contribution in [0.15, 0.2) is 47.8 Å². The minimum atomic E-state index is -1.21. The highest BCUT2D eigenvalue weighted by atomic mass is 32.1. The Morgan fingerprint density at radius 3 is 2.24 bits per heavy atom. The van der Waals surface area contributed by atoms with E-state index in [0.717, 1.165) is 11.3 Å². The van der Waals surface area contributed by atoms with Gasteiger partial charge in [0.1, 0.15) is 9.88 Å². The number of esters is 2. The number of rotatable bonds is 10. The van der Waals surface area contributed by atoms with E-state index in [0.29, 0.717) is 16.0 Å². The number of hydrogen-bond acceptors (Lipinski definition) is 9. The summed E-state index contributed by atoms with van der Waals surface area (Å²) < 4.78 is 10.3. The number of anilines is 1. The lowest BCUT2D eigenvalue weighted by atomic mass is 10.1. The van der Waals surface area contributed by atoms with Crippen molar-refractivity contribution in [2.75, 3.05) is 18.5 Å². The van der Waals surface area contributed by atoms with Crippen LogP contribution in [0.4, 0.5) is 5.00 Å². The third kappa shape index (κ3) is 5.70. The summed E-state index contributed by atoms with van der Waals surface area (Å²) in [6.45, 7) is 5.25. The Labute approximate surface area is 204 Å². The predicted molar refractivity (Wildman–Crippen MR) is 131 cm³/mol. The van der Waals surface area contributed by atoms with Crippen LogP contribution in [0.1, 0.15) is 59.5 Å². The average Bonchev–Trinajstić information content (AvgIpc) is 3.47.